The summed E-state index contributed by atoms with van der Waals surface area (Å²) in [4.78, 5) is 25.6. The van der Waals surface area contributed by atoms with Gasteiger partial charge in [-0.3, -0.25) is 4.79 Å². The Morgan fingerprint density at radius 1 is 1.24 bits per heavy atom. The lowest BCUT2D eigenvalue weighted by molar-refractivity contribution is 0.0856. The van der Waals surface area contributed by atoms with Crippen LogP contribution < -0.4 is 10.6 Å². The predicted octanol–water partition coefficient (Wildman–Crippen LogP) is 2.04. The second kappa shape index (κ2) is 9.80. The van der Waals surface area contributed by atoms with Gasteiger partial charge in [-0.1, -0.05) is 13.3 Å². The summed E-state index contributed by atoms with van der Waals surface area (Å²) in [5.41, 5.74) is 0.300. The van der Waals surface area contributed by atoms with E-state index in [1.165, 1.54) is 0 Å². The highest BCUT2D eigenvalue weighted by Gasteiger charge is 2.25. The molecule has 0 aliphatic carbocycles. The van der Waals surface area contributed by atoms with Crippen LogP contribution in [0, 0.1) is 0 Å². The van der Waals surface area contributed by atoms with Crippen LogP contribution in [0.15, 0.2) is 12.1 Å². The van der Waals surface area contributed by atoms with Gasteiger partial charge in [-0.2, -0.15) is 0 Å². The Hall–Kier alpha value is -2.38. The smallest absolute Gasteiger partial charge is 0.409 e. The molecule has 8 heteroatoms. The van der Waals surface area contributed by atoms with E-state index in [0.717, 1.165) is 19.4 Å². The standard InChI is InChI=1S/C17H27N5O3/c1-3-5-10-18-15-7-6-14(20-21-15)16(23)19-13-8-11-22(12-9-13)17(24)25-4-2/h6-7,13H,3-5,8-12H2,1-2H3,(H,18,21)(H,19,23). The summed E-state index contributed by atoms with van der Waals surface area (Å²) >= 11 is 0. The number of aromatic nitrogens is 2. The van der Waals surface area contributed by atoms with Gasteiger partial charge in [0.25, 0.3) is 5.91 Å². The first-order chi connectivity index (χ1) is 12.1. The van der Waals surface area contributed by atoms with Crippen LogP contribution in [0.25, 0.3) is 0 Å². The molecule has 2 N–H and O–H groups in total. The fourth-order valence-corrected chi connectivity index (χ4v) is 2.62. The summed E-state index contributed by atoms with van der Waals surface area (Å²) in [6.07, 6.45) is 3.29. The Balaban J connectivity index is 1.77. The Labute approximate surface area is 148 Å². The van der Waals surface area contributed by atoms with E-state index in [9.17, 15) is 9.59 Å². The van der Waals surface area contributed by atoms with Gasteiger partial charge in [0, 0.05) is 25.7 Å². The highest BCUT2D eigenvalue weighted by molar-refractivity contribution is 5.92. The van der Waals surface area contributed by atoms with Crippen molar-refractivity contribution in [2.24, 2.45) is 0 Å². The third-order valence-corrected chi connectivity index (χ3v) is 4.09. The van der Waals surface area contributed by atoms with Crippen LogP contribution in [0.4, 0.5) is 10.6 Å². The number of ether oxygens (including phenoxy) is 1. The molecule has 8 nitrogen and oxygen atoms in total. The molecule has 0 atom stereocenters. The molecular formula is C17H27N5O3. The number of amides is 2. The van der Waals surface area contributed by atoms with Crippen molar-refractivity contribution in [2.75, 3.05) is 31.6 Å². The van der Waals surface area contributed by atoms with Gasteiger partial charge < -0.3 is 20.3 Å². The summed E-state index contributed by atoms with van der Waals surface area (Å²) in [6.45, 7) is 6.28. The quantitative estimate of drug-likeness (QED) is 0.731. The third-order valence-electron chi connectivity index (χ3n) is 4.09. The van der Waals surface area contributed by atoms with Crippen molar-refractivity contribution in [3.8, 4) is 0 Å². The molecule has 138 valence electrons. The summed E-state index contributed by atoms with van der Waals surface area (Å²) in [7, 11) is 0. The average Bonchev–Trinajstić information content (AvgIpc) is 2.63. The number of hydrogen-bond donors (Lipinski definition) is 2. The summed E-state index contributed by atoms with van der Waals surface area (Å²) in [5, 5.41) is 14.1. The van der Waals surface area contributed by atoms with Gasteiger partial charge in [0.2, 0.25) is 0 Å². The fourth-order valence-electron chi connectivity index (χ4n) is 2.62. The van der Waals surface area contributed by atoms with Crippen molar-refractivity contribution in [3.05, 3.63) is 17.8 Å². The van der Waals surface area contributed by atoms with E-state index in [-0.39, 0.29) is 18.0 Å². The molecule has 0 unspecified atom stereocenters. The van der Waals surface area contributed by atoms with Crippen molar-refractivity contribution < 1.29 is 14.3 Å². The zero-order chi connectivity index (χ0) is 18.1. The first kappa shape index (κ1) is 19.0. The molecule has 0 spiro atoms. The number of carbonyl (C=O) groups is 2. The molecule has 0 bridgehead atoms. The second-order valence-electron chi connectivity index (χ2n) is 6.02. The van der Waals surface area contributed by atoms with E-state index >= 15 is 0 Å². The highest BCUT2D eigenvalue weighted by atomic mass is 16.6. The molecule has 1 aromatic rings. The minimum atomic E-state index is -0.288. The lowest BCUT2D eigenvalue weighted by Gasteiger charge is -2.31. The topological polar surface area (TPSA) is 96.5 Å². The maximum Gasteiger partial charge on any atom is 0.409 e. The number of carbonyl (C=O) groups excluding carboxylic acids is 2. The van der Waals surface area contributed by atoms with E-state index < -0.39 is 0 Å². The van der Waals surface area contributed by atoms with Crippen molar-refractivity contribution in [3.63, 3.8) is 0 Å². The molecule has 0 radical (unpaired) electrons. The number of piperidine rings is 1. The molecule has 25 heavy (non-hydrogen) atoms. The van der Waals surface area contributed by atoms with Crippen LogP contribution >= 0.6 is 0 Å². The molecule has 2 rings (SSSR count). The molecule has 0 saturated carbocycles. The van der Waals surface area contributed by atoms with Crippen molar-refractivity contribution in [2.45, 2.75) is 45.6 Å². The van der Waals surface area contributed by atoms with Crippen LogP contribution in [0.2, 0.25) is 0 Å². The lowest BCUT2D eigenvalue weighted by Crippen LogP contribution is -2.46. The Morgan fingerprint density at radius 3 is 2.60 bits per heavy atom. The Kier molecular flexibility index (Phi) is 7.43. The largest absolute Gasteiger partial charge is 0.450 e. The van der Waals surface area contributed by atoms with Crippen LogP contribution in [0.3, 0.4) is 0 Å². The van der Waals surface area contributed by atoms with Gasteiger partial charge in [-0.15, -0.1) is 10.2 Å². The normalized spacial score (nSPS) is 14.9. The number of likely N-dealkylation sites (tertiary alicyclic amines) is 1. The molecule has 1 aromatic heterocycles. The number of hydrogen-bond acceptors (Lipinski definition) is 6. The van der Waals surface area contributed by atoms with Crippen molar-refractivity contribution in [1.29, 1.82) is 0 Å². The highest BCUT2D eigenvalue weighted by Crippen LogP contribution is 2.12. The Morgan fingerprint density at radius 2 is 2.00 bits per heavy atom. The number of nitrogens with one attached hydrogen (secondary N) is 2. The molecule has 1 fully saturated rings. The molecule has 2 heterocycles. The first-order valence-electron chi connectivity index (χ1n) is 8.94. The third kappa shape index (κ3) is 5.88. The van der Waals surface area contributed by atoms with Gasteiger partial charge in [0.1, 0.15) is 5.82 Å². The van der Waals surface area contributed by atoms with Crippen LogP contribution in [0.1, 0.15) is 50.0 Å². The van der Waals surface area contributed by atoms with E-state index in [1.807, 2.05) is 0 Å². The minimum absolute atomic E-state index is 0.0299. The second-order valence-corrected chi connectivity index (χ2v) is 6.02. The van der Waals surface area contributed by atoms with Crippen LogP contribution in [-0.4, -0.2) is 59.4 Å². The van der Waals surface area contributed by atoms with E-state index in [2.05, 4.69) is 27.8 Å². The number of rotatable bonds is 7. The van der Waals surface area contributed by atoms with Gasteiger partial charge in [0.05, 0.1) is 6.61 Å². The van der Waals surface area contributed by atoms with Crippen molar-refractivity contribution >= 4 is 17.8 Å². The minimum Gasteiger partial charge on any atom is -0.450 e. The summed E-state index contributed by atoms with van der Waals surface area (Å²) in [6, 6.07) is 3.47. The zero-order valence-electron chi connectivity index (χ0n) is 15.0. The molecule has 1 aliphatic heterocycles. The monoisotopic (exact) mass is 349 g/mol. The molecule has 1 saturated heterocycles. The van der Waals surface area contributed by atoms with Crippen molar-refractivity contribution in [1.82, 2.24) is 20.4 Å². The van der Waals surface area contributed by atoms with Gasteiger partial charge >= 0.3 is 6.09 Å². The van der Waals surface area contributed by atoms with Gasteiger partial charge in [0.15, 0.2) is 5.69 Å². The van der Waals surface area contributed by atoms with Crippen LogP contribution in [-0.2, 0) is 4.74 Å². The number of unbranched alkanes of at least 4 members (excludes halogenated alkanes) is 1. The predicted molar refractivity (Wildman–Crippen MR) is 94.5 cm³/mol. The summed E-state index contributed by atoms with van der Waals surface area (Å²) < 4.78 is 4.99. The van der Waals surface area contributed by atoms with Gasteiger partial charge in [-0.25, -0.2) is 4.79 Å². The molecule has 1 aliphatic rings. The lowest BCUT2D eigenvalue weighted by atomic mass is 10.1. The fraction of sp³-hybridized carbons (Fsp3) is 0.647. The zero-order valence-corrected chi connectivity index (χ0v) is 15.0. The first-order valence-corrected chi connectivity index (χ1v) is 8.94. The SMILES string of the molecule is CCCCNc1ccc(C(=O)NC2CCN(C(=O)OCC)CC2)nn1. The average molecular weight is 349 g/mol. The summed E-state index contributed by atoms with van der Waals surface area (Å²) in [5.74, 6) is 0.440. The molecule has 0 aromatic carbocycles. The van der Waals surface area contributed by atoms with E-state index in [1.54, 1.807) is 24.0 Å². The molecule has 2 amide bonds. The van der Waals surface area contributed by atoms with E-state index in [4.69, 9.17) is 4.74 Å². The number of nitrogens with zero attached hydrogens (tertiary/aromatic N) is 3. The maximum atomic E-state index is 12.3. The Bertz CT molecular complexity index is 556. The van der Waals surface area contributed by atoms with Crippen LogP contribution in [0.5, 0.6) is 0 Å². The molecular weight excluding hydrogens is 322 g/mol. The number of anilines is 1. The van der Waals surface area contributed by atoms with Gasteiger partial charge in [-0.05, 0) is 38.3 Å². The van der Waals surface area contributed by atoms with E-state index in [0.29, 0.717) is 44.0 Å². The maximum absolute atomic E-state index is 12.3.